The second kappa shape index (κ2) is 9.30. The summed E-state index contributed by atoms with van der Waals surface area (Å²) in [5.41, 5.74) is 0.249. The Bertz CT molecular complexity index is 906. The van der Waals surface area contributed by atoms with Crippen LogP contribution >= 0.6 is 0 Å². The second-order valence-corrected chi connectivity index (χ2v) is 7.49. The van der Waals surface area contributed by atoms with Gasteiger partial charge < -0.3 is 9.88 Å². The molecule has 26 heavy (non-hydrogen) atoms. The highest BCUT2D eigenvalue weighted by Gasteiger charge is 2.14. The number of unbranched alkanes of at least 4 members (excludes halogenated alkanes) is 1. The molecule has 8 heteroatoms. The minimum absolute atomic E-state index is 0.0461. The Morgan fingerprint density at radius 2 is 1.92 bits per heavy atom. The Kier molecular flexibility index (Phi) is 7.11. The van der Waals surface area contributed by atoms with Gasteiger partial charge in [0.05, 0.1) is 4.90 Å². The average molecular weight is 377 g/mol. The zero-order valence-corrected chi connectivity index (χ0v) is 15.5. The van der Waals surface area contributed by atoms with E-state index >= 15 is 0 Å². The SMILES string of the molecule is CCNS(=O)(=O)c1cccc(C(=O)NCCCCn2ccccc2=O)c1. The fourth-order valence-electron chi connectivity index (χ4n) is 2.43. The molecule has 0 fully saturated rings. The smallest absolute Gasteiger partial charge is 0.251 e. The van der Waals surface area contributed by atoms with Gasteiger partial charge in [-0.05, 0) is 37.1 Å². The van der Waals surface area contributed by atoms with Crippen molar-refractivity contribution in [2.45, 2.75) is 31.2 Å². The third-order valence-electron chi connectivity index (χ3n) is 3.75. The van der Waals surface area contributed by atoms with Crippen LogP contribution in [0.5, 0.6) is 0 Å². The van der Waals surface area contributed by atoms with Gasteiger partial charge in [0.25, 0.3) is 5.91 Å². The van der Waals surface area contributed by atoms with Crippen LogP contribution in [0.25, 0.3) is 0 Å². The number of aryl methyl sites for hydroxylation is 1. The number of amides is 1. The highest BCUT2D eigenvalue weighted by Crippen LogP contribution is 2.11. The second-order valence-electron chi connectivity index (χ2n) is 5.72. The number of aromatic nitrogens is 1. The maximum Gasteiger partial charge on any atom is 0.251 e. The number of sulfonamides is 1. The molecule has 2 N–H and O–H groups in total. The van der Waals surface area contributed by atoms with Crippen molar-refractivity contribution in [3.8, 4) is 0 Å². The molecule has 0 saturated heterocycles. The summed E-state index contributed by atoms with van der Waals surface area (Å²) in [6, 6.07) is 10.9. The van der Waals surface area contributed by atoms with Crippen LogP contribution < -0.4 is 15.6 Å². The summed E-state index contributed by atoms with van der Waals surface area (Å²) in [4.78, 5) is 23.8. The molecule has 0 bridgehead atoms. The number of nitrogens with one attached hydrogen (secondary N) is 2. The molecule has 0 aliphatic carbocycles. The van der Waals surface area contributed by atoms with E-state index in [1.54, 1.807) is 42.0 Å². The van der Waals surface area contributed by atoms with Gasteiger partial charge in [0, 0.05) is 37.5 Å². The lowest BCUT2D eigenvalue weighted by atomic mass is 10.2. The number of benzene rings is 1. The molecule has 140 valence electrons. The predicted molar refractivity (Wildman–Crippen MR) is 99.6 cm³/mol. The lowest BCUT2D eigenvalue weighted by Gasteiger charge is -2.08. The molecule has 1 aromatic carbocycles. The third-order valence-corrected chi connectivity index (χ3v) is 5.29. The van der Waals surface area contributed by atoms with Crippen LogP contribution in [0.3, 0.4) is 0 Å². The number of hydrogen-bond acceptors (Lipinski definition) is 4. The largest absolute Gasteiger partial charge is 0.352 e. The van der Waals surface area contributed by atoms with Crippen LogP contribution in [0, 0.1) is 0 Å². The van der Waals surface area contributed by atoms with Gasteiger partial charge in [0.15, 0.2) is 0 Å². The number of pyridine rings is 1. The molecule has 1 heterocycles. The predicted octanol–water partition coefficient (Wildman–Crippen LogP) is 1.36. The standard InChI is InChI=1S/C18H23N3O4S/c1-2-20-26(24,25)16-9-7-8-15(14-16)18(23)19-11-4-6-13-21-12-5-3-10-17(21)22/h3,5,7-10,12,14,20H,2,4,6,11,13H2,1H3,(H,19,23). The number of rotatable bonds is 9. The third kappa shape index (κ3) is 5.53. The average Bonchev–Trinajstić information content (AvgIpc) is 2.63. The first-order chi connectivity index (χ1) is 12.4. The van der Waals surface area contributed by atoms with E-state index < -0.39 is 10.0 Å². The van der Waals surface area contributed by atoms with E-state index in [1.165, 1.54) is 18.2 Å². The fraction of sp³-hybridized carbons (Fsp3) is 0.333. The molecule has 2 aromatic rings. The van der Waals surface area contributed by atoms with Crippen molar-refractivity contribution in [1.29, 1.82) is 0 Å². The molecule has 1 amide bonds. The molecule has 0 saturated carbocycles. The van der Waals surface area contributed by atoms with Gasteiger partial charge in [0.2, 0.25) is 15.6 Å². The maximum atomic E-state index is 12.2. The van der Waals surface area contributed by atoms with E-state index in [1.807, 2.05) is 0 Å². The van der Waals surface area contributed by atoms with Crippen molar-refractivity contribution in [2.24, 2.45) is 0 Å². The molecule has 1 aromatic heterocycles. The molecule has 0 spiro atoms. The molecule has 0 radical (unpaired) electrons. The van der Waals surface area contributed by atoms with Crippen molar-refractivity contribution in [3.63, 3.8) is 0 Å². The Balaban J connectivity index is 1.85. The zero-order chi connectivity index (χ0) is 19.0. The highest BCUT2D eigenvalue weighted by atomic mass is 32.2. The van der Waals surface area contributed by atoms with E-state index in [0.717, 1.165) is 6.42 Å². The number of carbonyl (C=O) groups excluding carboxylic acids is 1. The van der Waals surface area contributed by atoms with Gasteiger partial charge in [-0.25, -0.2) is 13.1 Å². The summed E-state index contributed by atoms with van der Waals surface area (Å²) in [6.45, 7) is 3.01. The molecular formula is C18H23N3O4S. The van der Waals surface area contributed by atoms with E-state index in [0.29, 0.717) is 25.1 Å². The van der Waals surface area contributed by atoms with Crippen LogP contribution in [0.2, 0.25) is 0 Å². The van der Waals surface area contributed by atoms with E-state index in [9.17, 15) is 18.0 Å². The van der Waals surface area contributed by atoms with Crippen molar-refractivity contribution in [2.75, 3.05) is 13.1 Å². The van der Waals surface area contributed by atoms with Gasteiger partial charge in [-0.15, -0.1) is 0 Å². The van der Waals surface area contributed by atoms with Crippen molar-refractivity contribution in [1.82, 2.24) is 14.6 Å². The Labute approximate surface area is 153 Å². The highest BCUT2D eigenvalue weighted by molar-refractivity contribution is 7.89. The number of hydrogen-bond donors (Lipinski definition) is 2. The van der Waals surface area contributed by atoms with Gasteiger partial charge in [-0.3, -0.25) is 9.59 Å². The van der Waals surface area contributed by atoms with Crippen LogP contribution in [0.15, 0.2) is 58.4 Å². The van der Waals surface area contributed by atoms with Crippen LogP contribution in [-0.4, -0.2) is 32.0 Å². The first kappa shape index (κ1) is 19.9. The molecular weight excluding hydrogens is 354 g/mol. The van der Waals surface area contributed by atoms with Crippen molar-refractivity contribution < 1.29 is 13.2 Å². The summed E-state index contributed by atoms with van der Waals surface area (Å²) in [5.74, 6) is -0.324. The quantitative estimate of drug-likeness (QED) is 0.645. The van der Waals surface area contributed by atoms with Gasteiger partial charge in [0.1, 0.15) is 0 Å². The zero-order valence-electron chi connectivity index (χ0n) is 14.6. The number of nitrogens with zero attached hydrogens (tertiary/aromatic N) is 1. The minimum atomic E-state index is -3.59. The maximum absolute atomic E-state index is 12.2. The topological polar surface area (TPSA) is 97.3 Å². The van der Waals surface area contributed by atoms with Gasteiger partial charge >= 0.3 is 0 Å². The summed E-state index contributed by atoms with van der Waals surface area (Å²) in [6.07, 6.45) is 3.19. The first-order valence-corrected chi connectivity index (χ1v) is 9.96. The molecule has 2 rings (SSSR count). The molecule has 0 aliphatic rings. The van der Waals surface area contributed by atoms with Crippen LogP contribution in [0.4, 0.5) is 0 Å². The van der Waals surface area contributed by atoms with E-state index in [2.05, 4.69) is 10.0 Å². The van der Waals surface area contributed by atoms with E-state index in [4.69, 9.17) is 0 Å². The normalized spacial score (nSPS) is 11.3. The van der Waals surface area contributed by atoms with Crippen LogP contribution in [-0.2, 0) is 16.6 Å². The molecule has 7 nitrogen and oxygen atoms in total. The van der Waals surface area contributed by atoms with Crippen LogP contribution in [0.1, 0.15) is 30.1 Å². The van der Waals surface area contributed by atoms with Crippen molar-refractivity contribution in [3.05, 3.63) is 64.6 Å². The Hall–Kier alpha value is -2.45. The summed E-state index contributed by atoms with van der Waals surface area (Å²) >= 11 is 0. The van der Waals surface area contributed by atoms with Gasteiger partial charge in [-0.2, -0.15) is 0 Å². The monoisotopic (exact) mass is 377 g/mol. The molecule has 0 atom stereocenters. The first-order valence-electron chi connectivity index (χ1n) is 8.47. The summed E-state index contributed by atoms with van der Waals surface area (Å²) < 4.78 is 28.0. The summed E-state index contributed by atoms with van der Waals surface area (Å²) in [7, 11) is -3.59. The molecule has 0 aliphatic heterocycles. The Morgan fingerprint density at radius 1 is 1.12 bits per heavy atom. The van der Waals surface area contributed by atoms with Crippen molar-refractivity contribution >= 4 is 15.9 Å². The van der Waals surface area contributed by atoms with E-state index in [-0.39, 0.29) is 22.9 Å². The Morgan fingerprint density at radius 3 is 2.65 bits per heavy atom. The summed E-state index contributed by atoms with van der Waals surface area (Å²) in [5, 5.41) is 2.77. The minimum Gasteiger partial charge on any atom is -0.352 e. The van der Waals surface area contributed by atoms with Gasteiger partial charge in [-0.1, -0.05) is 19.1 Å². The molecule has 0 unspecified atom stereocenters. The lowest BCUT2D eigenvalue weighted by molar-refractivity contribution is 0.0952. The number of carbonyl (C=O) groups is 1. The lowest BCUT2D eigenvalue weighted by Crippen LogP contribution is -2.26. The fourth-order valence-corrected chi connectivity index (χ4v) is 3.52.